The summed E-state index contributed by atoms with van der Waals surface area (Å²) in [5, 5.41) is 20.9. The number of aliphatic hydroxyl groups is 1. The number of allylic oxidation sites excluding steroid dienone is 1. The third-order valence-corrected chi connectivity index (χ3v) is 5.59. The number of carboxylic acids is 1. The van der Waals surface area contributed by atoms with E-state index in [0.717, 1.165) is 6.08 Å². The molecule has 3 N–H and O–H groups in total. The zero-order chi connectivity index (χ0) is 28.0. The fourth-order valence-corrected chi connectivity index (χ4v) is 3.78. The summed E-state index contributed by atoms with van der Waals surface area (Å²) in [7, 11) is 0. The van der Waals surface area contributed by atoms with Gasteiger partial charge < -0.3 is 24.4 Å². The number of carbonyl (C=O) groups excluding carboxylic acids is 2. The zero-order valence-corrected chi connectivity index (χ0v) is 21.5. The minimum absolute atomic E-state index is 0.0317. The second-order valence-electron chi connectivity index (χ2n) is 8.48. The summed E-state index contributed by atoms with van der Waals surface area (Å²) in [6, 6.07) is 22.3. The van der Waals surface area contributed by atoms with Gasteiger partial charge in [-0.15, -0.1) is 0 Å². The molecule has 0 aromatic heterocycles. The standard InChI is InChI=1S/C30H31NO8/c1-21(33)22-15-17-23(18-16-22)31-30(36)39-29(25-11-5-6-12-26(25)37-20-19-32)27(13-7-8-14-28(34)35)38-24-9-3-2-4-10-24/h2-6,8-12,14-18,27,29,32H,7,13,19-20H2,1H3,(H,31,36)(H,34,35)/b14-8+/t27-,29-/m0/s1. The number of hydrogen-bond acceptors (Lipinski definition) is 7. The van der Waals surface area contributed by atoms with Gasteiger partial charge in [0.25, 0.3) is 0 Å². The number of anilines is 1. The van der Waals surface area contributed by atoms with Crippen LogP contribution < -0.4 is 14.8 Å². The molecule has 0 radical (unpaired) electrons. The highest BCUT2D eigenvalue weighted by Crippen LogP contribution is 2.34. The van der Waals surface area contributed by atoms with E-state index in [1.54, 1.807) is 60.7 Å². The minimum Gasteiger partial charge on any atom is -0.491 e. The lowest BCUT2D eigenvalue weighted by molar-refractivity contribution is -0.131. The third-order valence-electron chi connectivity index (χ3n) is 5.59. The van der Waals surface area contributed by atoms with Crippen molar-refractivity contribution in [1.29, 1.82) is 0 Å². The van der Waals surface area contributed by atoms with Crippen LogP contribution in [-0.2, 0) is 9.53 Å². The number of aliphatic carboxylic acids is 1. The zero-order valence-electron chi connectivity index (χ0n) is 21.5. The Labute approximate surface area is 226 Å². The Morgan fingerprint density at radius 2 is 1.64 bits per heavy atom. The van der Waals surface area contributed by atoms with Crippen LogP contribution in [0.25, 0.3) is 0 Å². The number of carbonyl (C=O) groups is 3. The smallest absolute Gasteiger partial charge is 0.412 e. The third kappa shape index (κ3) is 9.32. The number of rotatable bonds is 14. The molecule has 0 spiro atoms. The van der Waals surface area contributed by atoms with E-state index in [4.69, 9.17) is 19.3 Å². The summed E-state index contributed by atoms with van der Waals surface area (Å²) < 4.78 is 17.9. The molecule has 0 aliphatic heterocycles. The number of ketones is 1. The Kier molecular flexibility index (Phi) is 11.1. The van der Waals surface area contributed by atoms with Gasteiger partial charge in [-0.05, 0) is 62.2 Å². The Hall–Kier alpha value is -4.63. The van der Waals surface area contributed by atoms with Crippen LogP contribution in [0.4, 0.5) is 10.5 Å². The molecular formula is C30H31NO8. The van der Waals surface area contributed by atoms with Crippen LogP contribution in [0.3, 0.4) is 0 Å². The number of aliphatic hydroxyl groups excluding tert-OH is 1. The molecule has 0 bridgehead atoms. The molecule has 2 atom stereocenters. The highest BCUT2D eigenvalue weighted by Gasteiger charge is 2.31. The van der Waals surface area contributed by atoms with Gasteiger partial charge >= 0.3 is 12.1 Å². The molecule has 3 aromatic rings. The minimum atomic E-state index is -1.07. The number of para-hydroxylation sites is 2. The van der Waals surface area contributed by atoms with Crippen molar-refractivity contribution in [3.8, 4) is 11.5 Å². The second-order valence-corrected chi connectivity index (χ2v) is 8.48. The molecule has 9 nitrogen and oxygen atoms in total. The molecule has 9 heteroatoms. The number of benzene rings is 3. The van der Waals surface area contributed by atoms with Crippen LogP contribution in [0, 0.1) is 0 Å². The summed E-state index contributed by atoms with van der Waals surface area (Å²) in [4.78, 5) is 35.6. The Bertz CT molecular complexity index is 1260. The molecule has 0 aliphatic rings. The Morgan fingerprint density at radius 1 is 0.949 bits per heavy atom. The fourth-order valence-electron chi connectivity index (χ4n) is 3.78. The molecular weight excluding hydrogens is 502 g/mol. The predicted molar refractivity (Wildman–Crippen MR) is 145 cm³/mol. The average Bonchev–Trinajstić information content (AvgIpc) is 2.93. The van der Waals surface area contributed by atoms with Crippen LogP contribution in [0.5, 0.6) is 11.5 Å². The van der Waals surface area contributed by atoms with Crippen LogP contribution in [-0.4, -0.2) is 47.4 Å². The van der Waals surface area contributed by atoms with E-state index in [0.29, 0.717) is 41.2 Å². The van der Waals surface area contributed by atoms with Gasteiger partial charge in [0.2, 0.25) is 0 Å². The van der Waals surface area contributed by atoms with Crippen molar-refractivity contribution in [3.05, 3.63) is 102 Å². The number of ether oxygens (including phenoxy) is 3. The first-order valence-corrected chi connectivity index (χ1v) is 12.4. The number of nitrogens with one attached hydrogen (secondary N) is 1. The van der Waals surface area contributed by atoms with Gasteiger partial charge in [-0.1, -0.05) is 42.5 Å². The number of carboxylic acid groups (broad SMARTS) is 1. The van der Waals surface area contributed by atoms with Crippen LogP contribution in [0.15, 0.2) is 91.0 Å². The van der Waals surface area contributed by atoms with Crippen LogP contribution in [0.2, 0.25) is 0 Å². The summed E-state index contributed by atoms with van der Waals surface area (Å²) in [6.07, 6.45) is 0.701. The topological polar surface area (TPSA) is 131 Å². The maximum atomic E-state index is 13.1. The molecule has 3 aromatic carbocycles. The lowest BCUT2D eigenvalue weighted by Crippen LogP contribution is -2.31. The predicted octanol–water partition coefficient (Wildman–Crippen LogP) is 5.42. The summed E-state index contributed by atoms with van der Waals surface area (Å²) in [5.41, 5.74) is 1.45. The van der Waals surface area contributed by atoms with Gasteiger partial charge in [0.1, 0.15) is 24.2 Å². The molecule has 204 valence electrons. The molecule has 0 unspecified atom stereocenters. The first-order valence-electron chi connectivity index (χ1n) is 12.4. The van der Waals surface area contributed by atoms with Crippen LogP contribution >= 0.6 is 0 Å². The van der Waals surface area contributed by atoms with E-state index in [1.807, 2.05) is 18.2 Å². The maximum absolute atomic E-state index is 13.1. The average molecular weight is 534 g/mol. The van der Waals surface area contributed by atoms with Gasteiger partial charge in [0.15, 0.2) is 11.9 Å². The molecule has 0 saturated carbocycles. The summed E-state index contributed by atoms with van der Waals surface area (Å²) in [5.74, 6) is -0.229. The fraction of sp³-hybridized carbons (Fsp3) is 0.233. The summed E-state index contributed by atoms with van der Waals surface area (Å²) in [6.45, 7) is 1.28. The highest BCUT2D eigenvalue weighted by molar-refractivity contribution is 5.95. The quantitative estimate of drug-likeness (QED) is 0.185. The lowest BCUT2D eigenvalue weighted by atomic mass is 9.99. The van der Waals surface area contributed by atoms with E-state index >= 15 is 0 Å². The van der Waals surface area contributed by atoms with E-state index < -0.39 is 24.3 Å². The van der Waals surface area contributed by atoms with Crippen molar-refractivity contribution in [2.24, 2.45) is 0 Å². The van der Waals surface area contributed by atoms with Gasteiger partial charge in [0, 0.05) is 22.9 Å². The van der Waals surface area contributed by atoms with Crippen molar-refractivity contribution in [3.63, 3.8) is 0 Å². The number of Topliss-reactive ketones (excluding diaryl/α,β-unsaturated/α-hetero) is 1. The van der Waals surface area contributed by atoms with Gasteiger partial charge in [-0.25, -0.2) is 9.59 Å². The SMILES string of the molecule is CC(=O)c1ccc(NC(=O)O[C@@H](c2ccccc2OCCO)[C@H](CC/C=C/C(=O)O)Oc2ccccc2)cc1. The van der Waals surface area contributed by atoms with Gasteiger partial charge in [0.05, 0.1) is 6.61 Å². The van der Waals surface area contributed by atoms with Crippen molar-refractivity contribution < 1.29 is 38.8 Å². The molecule has 1 amide bonds. The molecule has 0 aliphatic carbocycles. The Balaban J connectivity index is 1.93. The van der Waals surface area contributed by atoms with E-state index in [1.165, 1.54) is 13.0 Å². The molecule has 0 saturated heterocycles. The largest absolute Gasteiger partial charge is 0.491 e. The molecule has 39 heavy (non-hydrogen) atoms. The maximum Gasteiger partial charge on any atom is 0.412 e. The number of hydrogen-bond donors (Lipinski definition) is 3. The molecule has 0 fully saturated rings. The van der Waals surface area contributed by atoms with E-state index in [2.05, 4.69) is 5.32 Å². The highest BCUT2D eigenvalue weighted by atomic mass is 16.6. The first kappa shape index (κ1) is 28.9. The van der Waals surface area contributed by atoms with Crippen molar-refractivity contribution >= 4 is 23.5 Å². The van der Waals surface area contributed by atoms with E-state index in [-0.39, 0.29) is 19.0 Å². The van der Waals surface area contributed by atoms with Crippen molar-refractivity contribution in [1.82, 2.24) is 0 Å². The van der Waals surface area contributed by atoms with Gasteiger partial charge in [-0.3, -0.25) is 10.1 Å². The lowest BCUT2D eigenvalue weighted by Gasteiger charge is -2.29. The van der Waals surface area contributed by atoms with Crippen molar-refractivity contribution in [2.75, 3.05) is 18.5 Å². The second kappa shape index (κ2) is 14.9. The molecule has 0 heterocycles. The van der Waals surface area contributed by atoms with E-state index in [9.17, 15) is 19.5 Å². The normalized spacial score (nSPS) is 12.4. The monoisotopic (exact) mass is 533 g/mol. The summed E-state index contributed by atoms with van der Waals surface area (Å²) >= 11 is 0. The van der Waals surface area contributed by atoms with Crippen molar-refractivity contribution in [2.45, 2.75) is 32.0 Å². The first-order chi connectivity index (χ1) is 18.9. The van der Waals surface area contributed by atoms with Gasteiger partial charge in [-0.2, -0.15) is 0 Å². The molecule has 3 rings (SSSR count). The van der Waals surface area contributed by atoms with Crippen LogP contribution in [0.1, 0.15) is 41.8 Å². The number of amides is 1. The Morgan fingerprint density at radius 3 is 2.31 bits per heavy atom.